The zero-order valence-corrected chi connectivity index (χ0v) is 9.41. The molecule has 0 aromatic carbocycles. The van der Waals surface area contributed by atoms with Gasteiger partial charge < -0.3 is 5.32 Å². The fourth-order valence-electron chi connectivity index (χ4n) is 0.915. The summed E-state index contributed by atoms with van der Waals surface area (Å²) in [4.78, 5) is 3.61. The lowest BCUT2D eigenvalue weighted by Gasteiger charge is -2.21. The van der Waals surface area contributed by atoms with Gasteiger partial charge in [0.1, 0.15) is 5.82 Å². The molecule has 0 aliphatic rings. The maximum absolute atomic E-state index is 13.1. The summed E-state index contributed by atoms with van der Waals surface area (Å²) in [7, 11) is 0. The van der Waals surface area contributed by atoms with Crippen molar-refractivity contribution in [2.75, 3.05) is 17.7 Å². The lowest BCUT2D eigenvalue weighted by molar-refractivity contribution is 0.448. The van der Waals surface area contributed by atoms with Gasteiger partial charge in [0.2, 0.25) is 0 Å². The van der Waals surface area contributed by atoms with E-state index in [1.807, 2.05) is 13.8 Å². The second-order valence-corrected chi connectivity index (χ2v) is 4.40. The lowest BCUT2D eigenvalue weighted by Crippen LogP contribution is -2.25. The van der Waals surface area contributed by atoms with E-state index in [4.69, 9.17) is 11.6 Å². The van der Waals surface area contributed by atoms with E-state index < -0.39 is 11.6 Å². The van der Waals surface area contributed by atoms with Gasteiger partial charge in [-0.2, -0.15) is 0 Å². The highest BCUT2D eigenvalue weighted by molar-refractivity contribution is 6.18. The minimum atomic E-state index is -0.694. The van der Waals surface area contributed by atoms with Crippen LogP contribution in [0.3, 0.4) is 0 Å². The molecule has 2 nitrogen and oxygen atoms in total. The molecule has 1 aromatic heterocycles. The van der Waals surface area contributed by atoms with E-state index in [1.165, 1.54) is 0 Å². The van der Waals surface area contributed by atoms with Crippen molar-refractivity contribution in [2.45, 2.75) is 13.8 Å². The molecule has 1 heterocycles. The van der Waals surface area contributed by atoms with Gasteiger partial charge in [-0.3, -0.25) is 0 Å². The Morgan fingerprint density at radius 3 is 2.67 bits per heavy atom. The molecule has 0 bridgehead atoms. The van der Waals surface area contributed by atoms with Crippen LogP contribution in [0.5, 0.6) is 0 Å². The predicted octanol–water partition coefficient (Wildman–Crippen LogP) is 3.04. The van der Waals surface area contributed by atoms with Crippen LogP contribution >= 0.6 is 11.6 Å². The number of alkyl halides is 1. The van der Waals surface area contributed by atoms with Crippen LogP contribution in [0.2, 0.25) is 0 Å². The van der Waals surface area contributed by atoms with Crippen molar-refractivity contribution < 1.29 is 8.78 Å². The second kappa shape index (κ2) is 4.75. The molecule has 0 radical (unpaired) electrons. The van der Waals surface area contributed by atoms with E-state index in [9.17, 15) is 8.78 Å². The van der Waals surface area contributed by atoms with Gasteiger partial charge in [-0.15, -0.1) is 11.6 Å². The highest BCUT2D eigenvalue weighted by Gasteiger charge is 2.17. The number of anilines is 1. The van der Waals surface area contributed by atoms with Crippen molar-refractivity contribution in [3.8, 4) is 0 Å². The highest BCUT2D eigenvalue weighted by atomic mass is 35.5. The van der Waals surface area contributed by atoms with E-state index >= 15 is 0 Å². The molecule has 1 aromatic rings. The fraction of sp³-hybridized carbons (Fsp3) is 0.500. The minimum absolute atomic E-state index is 0.0505. The first-order valence-corrected chi connectivity index (χ1v) is 5.09. The van der Waals surface area contributed by atoms with Crippen LogP contribution < -0.4 is 5.32 Å². The van der Waals surface area contributed by atoms with Crippen LogP contribution in [0, 0.1) is 17.0 Å². The van der Waals surface area contributed by atoms with Crippen LogP contribution in [0.15, 0.2) is 12.3 Å². The number of nitrogens with zero attached hydrogens (tertiary/aromatic N) is 1. The van der Waals surface area contributed by atoms with Gasteiger partial charge in [-0.25, -0.2) is 13.8 Å². The Kier molecular flexibility index (Phi) is 3.85. The molecule has 0 aliphatic carbocycles. The quantitative estimate of drug-likeness (QED) is 0.810. The number of rotatable bonds is 4. The smallest absolute Gasteiger partial charge is 0.168 e. The normalized spacial score (nSPS) is 11.5. The standard InChI is InChI=1S/C10H13ClF2N2/c1-10(2,5-11)6-15-9-8(13)3-7(12)4-14-9/h3-4H,5-6H2,1-2H3,(H,14,15). The van der Waals surface area contributed by atoms with Gasteiger partial charge in [0, 0.05) is 18.5 Å². The maximum atomic E-state index is 13.1. The summed E-state index contributed by atoms with van der Waals surface area (Å²) in [6.07, 6.45) is 0.971. The van der Waals surface area contributed by atoms with E-state index in [1.54, 1.807) is 0 Å². The van der Waals surface area contributed by atoms with Crippen LogP contribution in [-0.4, -0.2) is 17.4 Å². The molecule has 0 saturated carbocycles. The van der Waals surface area contributed by atoms with Crippen LogP contribution in [0.1, 0.15) is 13.8 Å². The first-order valence-electron chi connectivity index (χ1n) is 4.55. The predicted molar refractivity (Wildman–Crippen MR) is 57.1 cm³/mol. The Bertz CT molecular complexity index is 342. The van der Waals surface area contributed by atoms with Crippen molar-refractivity contribution in [1.29, 1.82) is 0 Å². The Morgan fingerprint density at radius 1 is 1.47 bits per heavy atom. The van der Waals surface area contributed by atoms with Crippen molar-refractivity contribution in [3.63, 3.8) is 0 Å². The molecule has 0 saturated heterocycles. The summed E-state index contributed by atoms with van der Waals surface area (Å²) >= 11 is 5.71. The summed E-state index contributed by atoms with van der Waals surface area (Å²) in [6, 6.07) is 0.795. The van der Waals surface area contributed by atoms with E-state index in [0.717, 1.165) is 12.3 Å². The minimum Gasteiger partial charge on any atom is -0.367 e. The molecule has 1 N–H and O–H groups in total. The molecule has 0 atom stereocenters. The third-order valence-corrected chi connectivity index (χ3v) is 2.63. The van der Waals surface area contributed by atoms with Crippen molar-refractivity contribution >= 4 is 17.4 Å². The third-order valence-electron chi connectivity index (χ3n) is 1.90. The third kappa shape index (κ3) is 3.63. The summed E-state index contributed by atoms with van der Waals surface area (Å²) in [5.74, 6) is -0.882. The summed E-state index contributed by atoms with van der Waals surface area (Å²) < 4.78 is 25.7. The molecular weight excluding hydrogens is 222 g/mol. The SMILES string of the molecule is CC(C)(CCl)CNc1ncc(F)cc1F. The number of hydrogen-bond acceptors (Lipinski definition) is 2. The lowest BCUT2D eigenvalue weighted by atomic mass is 9.97. The average Bonchev–Trinajstić information content (AvgIpc) is 2.16. The number of hydrogen-bond donors (Lipinski definition) is 1. The zero-order valence-electron chi connectivity index (χ0n) is 8.65. The number of nitrogens with one attached hydrogen (secondary N) is 1. The molecular formula is C10H13ClF2N2. The first-order chi connectivity index (χ1) is 6.94. The van der Waals surface area contributed by atoms with Crippen LogP contribution in [0.4, 0.5) is 14.6 Å². The molecule has 84 valence electrons. The number of halogens is 3. The Morgan fingerprint density at radius 2 is 2.13 bits per heavy atom. The Labute approximate surface area is 92.7 Å². The van der Waals surface area contributed by atoms with E-state index in [-0.39, 0.29) is 11.2 Å². The van der Waals surface area contributed by atoms with Gasteiger partial charge in [0.05, 0.1) is 6.20 Å². The summed E-state index contributed by atoms with van der Waals surface area (Å²) in [5.41, 5.74) is -0.163. The second-order valence-electron chi connectivity index (χ2n) is 4.14. The fourth-order valence-corrected chi connectivity index (χ4v) is 1.01. The molecule has 5 heteroatoms. The molecule has 0 fully saturated rings. The van der Waals surface area contributed by atoms with Crippen molar-refractivity contribution in [1.82, 2.24) is 4.98 Å². The molecule has 0 amide bonds. The maximum Gasteiger partial charge on any atom is 0.168 e. The molecule has 0 aliphatic heterocycles. The molecule has 0 spiro atoms. The highest BCUT2D eigenvalue weighted by Crippen LogP contribution is 2.19. The van der Waals surface area contributed by atoms with E-state index in [0.29, 0.717) is 12.4 Å². The number of aromatic nitrogens is 1. The first kappa shape index (κ1) is 12.2. The zero-order chi connectivity index (χ0) is 11.5. The topological polar surface area (TPSA) is 24.9 Å². The molecule has 0 unspecified atom stereocenters. The Hall–Kier alpha value is -0.900. The summed E-state index contributed by atoms with van der Waals surface area (Å²) in [6.45, 7) is 4.36. The van der Waals surface area contributed by atoms with Crippen LogP contribution in [0.25, 0.3) is 0 Å². The molecule has 15 heavy (non-hydrogen) atoms. The van der Waals surface area contributed by atoms with E-state index in [2.05, 4.69) is 10.3 Å². The monoisotopic (exact) mass is 234 g/mol. The Balaban J connectivity index is 2.66. The summed E-state index contributed by atoms with van der Waals surface area (Å²) in [5, 5.41) is 2.79. The van der Waals surface area contributed by atoms with Gasteiger partial charge in [0.15, 0.2) is 11.6 Å². The van der Waals surface area contributed by atoms with Gasteiger partial charge in [0.25, 0.3) is 0 Å². The van der Waals surface area contributed by atoms with Crippen molar-refractivity contribution in [2.24, 2.45) is 5.41 Å². The van der Waals surface area contributed by atoms with Gasteiger partial charge in [-0.1, -0.05) is 13.8 Å². The van der Waals surface area contributed by atoms with Gasteiger partial charge in [-0.05, 0) is 5.41 Å². The largest absolute Gasteiger partial charge is 0.367 e. The molecule has 1 rings (SSSR count). The van der Waals surface area contributed by atoms with Crippen LogP contribution in [-0.2, 0) is 0 Å². The van der Waals surface area contributed by atoms with Gasteiger partial charge >= 0.3 is 0 Å². The van der Waals surface area contributed by atoms with Crippen molar-refractivity contribution in [3.05, 3.63) is 23.9 Å². The number of pyridine rings is 1. The average molecular weight is 235 g/mol.